The molecule has 1 amide bonds. The lowest BCUT2D eigenvalue weighted by Crippen LogP contribution is -1.95. The number of hydrogen-bond donors (Lipinski definition) is 1. The Balaban J connectivity index is 0.000000193. The summed E-state index contributed by atoms with van der Waals surface area (Å²) in [5.74, 6) is 0.0212. The fraction of sp³-hybridized carbons (Fsp3) is 0.150. The fourth-order valence-electron chi connectivity index (χ4n) is 2.34. The average Bonchev–Trinajstić information content (AvgIpc) is 3.49. The molecule has 4 rings (SSSR count). The average molecular weight is 385 g/mol. The molecular formula is C20H17F2N3OS. The van der Waals surface area contributed by atoms with Gasteiger partial charge in [-0.25, -0.2) is 13.8 Å². The van der Waals surface area contributed by atoms with Crippen LogP contribution >= 0.6 is 11.8 Å². The maximum absolute atomic E-state index is 13.0. The van der Waals surface area contributed by atoms with Gasteiger partial charge in [0.2, 0.25) is 6.41 Å². The summed E-state index contributed by atoms with van der Waals surface area (Å²) in [5.41, 5.74) is 1.41. The molecule has 27 heavy (non-hydrogen) atoms. The lowest BCUT2D eigenvalue weighted by molar-refractivity contribution is -0.105. The second-order valence-corrected chi connectivity index (χ2v) is 7.06. The van der Waals surface area contributed by atoms with Gasteiger partial charge in [-0.15, -0.1) is 0 Å². The Bertz CT molecular complexity index is 867. The van der Waals surface area contributed by atoms with Crippen molar-refractivity contribution in [2.24, 2.45) is 0 Å². The van der Waals surface area contributed by atoms with Crippen LogP contribution in [0, 0.1) is 11.6 Å². The third kappa shape index (κ3) is 6.14. The number of nitrogens with zero attached hydrogens (tertiary/aromatic N) is 2. The van der Waals surface area contributed by atoms with Gasteiger partial charge in [-0.3, -0.25) is 9.78 Å². The number of hydrogen-bond acceptors (Lipinski definition) is 4. The Kier molecular flexibility index (Phi) is 6.49. The van der Waals surface area contributed by atoms with Crippen LogP contribution in [0.25, 0.3) is 0 Å². The van der Waals surface area contributed by atoms with Crippen molar-refractivity contribution in [2.75, 3.05) is 5.32 Å². The van der Waals surface area contributed by atoms with Crippen LogP contribution in [0.4, 0.5) is 14.6 Å². The highest BCUT2D eigenvalue weighted by Gasteiger charge is 2.22. The van der Waals surface area contributed by atoms with Crippen LogP contribution in [0.15, 0.2) is 70.8 Å². The number of halogens is 2. The minimum absolute atomic E-state index is 0.416. The molecule has 1 fully saturated rings. The topological polar surface area (TPSA) is 54.9 Å². The van der Waals surface area contributed by atoms with E-state index in [1.807, 2.05) is 18.5 Å². The maximum Gasteiger partial charge on any atom is 0.212 e. The van der Waals surface area contributed by atoms with Crippen molar-refractivity contribution in [1.82, 2.24) is 9.97 Å². The van der Waals surface area contributed by atoms with Crippen molar-refractivity contribution in [3.8, 4) is 0 Å². The standard InChI is InChI=1S/C12H8F2N2OS.C8H9N/c13-8-3-9(14)5-11(4-8)18-10-1-2-12(15-6-10)16-7-17;1-2-8(6-9-5-1)7-3-4-7/h1-7H,(H,15,16,17);1-2,5-7H,3-4H2. The van der Waals surface area contributed by atoms with Crippen molar-refractivity contribution in [3.05, 3.63) is 78.3 Å². The number of rotatable bonds is 5. The summed E-state index contributed by atoms with van der Waals surface area (Å²) >= 11 is 1.18. The molecule has 7 heteroatoms. The summed E-state index contributed by atoms with van der Waals surface area (Å²) in [4.78, 5) is 19.4. The molecule has 3 aromatic rings. The number of pyridine rings is 2. The van der Waals surface area contributed by atoms with E-state index in [1.165, 1.54) is 48.5 Å². The molecule has 138 valence electrons. The Hall–Kier alpha value is -2.80. The highest BCUT2D eigenvalue weighted by molar-refractivity contribution is 7.99. The molecule has 1 aliphatic carbocycles. The molecule has 0 atom stereocenters. The van der Waals surface area contributed by atoms with Crippen molar-refractivity contribution >= 4 is 24.0 Å². The van der Waals surface area contributed by atoms with Gasteiger partial charge in [0.05, 0.1) is 0 Å². The van der Waals surface area contributed by atoms with Crippen LogP contribution in [0.5, 0.6) is 0 Å². The maximum atomic E-state index is 13.0. The zero-order valence-electron chi connectivity index (χ0n) is 14.3. The smallest absolute Gasteiger partial charge is 0.212 e. The molecule has 1 N–H and O–H groups in total. The van der Waals surface area contributed by atoms with E-state index in [9.17, 15) is 13.6 Å². The van der Waals surface area contributed by atoms with Crippen LogP contribution in [-0.4, -0.2) is 16.4 Å². The summed E-state index contributed by atoms with van der Waals surface area (Å²) in [7, 11) is 0. The number of aromatic nitrogens is 2. The van der Waals surface area contributed by atoms with Gasteiger partial charge < -0.3 is 5.32 Å². The van der Waals surface area contributed by atoms with Gasteiger partial charge in [0.25, 0.3) is 0 Å². The first kappa shape index (κ1) is 19.0. The van der Waals surface area contributed by atoms with E-state index in [2.05, 4.69) is 21.4 Å². The number of benzene rings is 1. The van der Waals surface area contributed by atoms with Crippen molar-refractivity contribution in [3.63, 3.8) is 0 Å². The molecular weight excluding hydrogens is 368 g/mol. The van der Waals surface area contributed by atoms with E-state index in [0.717, 1.165) is 16.9 Å². The van der Waals surface area contributed by atoms with E-state index in [-0.39, 0.29) is 0 Å². The van der Waals surface area contributed by atoms with Crippen LogP contribution in [0.1, 0.15) is 24.3 Å². The predicted molar refractivity (Wildman–Crippen MR) is 101 cm³/mol. The molecule has 0 radical (unpaired) electrons. The number of anilines is 1. The Labute approximate surface area is 160 Å². The SMILES string of the molecule is O=CNc1ccc(Sc2cc(F)cc(F)c2)cn1.c1cncc(C2CC2)c1. The molecule has 2 aromatic heterocycles. The molecule has 1 saturated carbocycles. The van der Waals surface area contributed by atoms with Crippen LogP contribution < -0.4 is 5.32 Å². The van der Waals surface area contributed by atoms with E-state index in [4.69, 9.17) is 0 Å². The summed E-state index contributed by atoms with van der Waals surface area (Å²) in [6.07, 6.45) is 8.57. The molecule has 1 aromatic carbocycles. The van der Waals surface area contributed by atoms with Crippen LogP contribution in [0.2, 0.25) is 0 Å². The number of nitrogens with one attached hydrogen (secondary N) is 1. The lowest BCUT2D eigenvalue weighted by Gasteiger charge is -2.03. The summed E-state index contributed by atoms with van der Waals surface area (Å²) < 4.78 is 26.0. The van der Waals surface area contributed by atoms with Crippen molar-refractivity contribution < 1.29 is 13.6 Å². The molecule has 0 saturated heterocycles. The molecule has 0 unspecified atom stereocenters. The monoisotopic (exact) mass is 385 g/mol. The zero-order valence-corrected chi connectivity index (χ0v) is 15.1. The second-order valence-electron chi connectivity index (χ2n) is 5.91. The van der Waals surface area contributed by atoms with Crippen molar-refractivity contribution in [1.29, 1.82) is 0 Å². The molecule has 2 heterocycles. The van der Waals surface area contributed by atoms with Gasteiger partial charge in [-0.05, 0) is 54.7 Å². The van der Waals surface area contributed by atoms with Crippen molar-refractivity contribution in [2.45, 2.75) is 28.6 Å². The highest BCUT2D eigenvalue weighted by atomic mass is 32.2. The number of amides is 1. The fourth-order valence-corrected chi connectivity index (χ4v) is 3.20. The number of carbonyl (C=O) groups excluding carboxylic acids is 1. The summed E-state index contributed by atoms with van der Waals surface area (Å²) in [6, 6.07) is 10.8. The van der Waals surface area contributed by atoms with Gasteiger partial charge >= 0.3 is 0 Å². The Morgan fingerprint density at radius 3 is 2.37 bits per heavy atom. The van der Waals surface area contributed by atoms with Gasteiger partial charge in [0.1, 0.15) is 17.5 Å². The van der Waals surface area contributed by atoms with Gasteiger partial charge in [-0.1, -0.05) is 17.8 Å². The van der Waals surface area contributed by atoms with Gasteiger partial charge in [-0.2, -0.15) is 0 Å². The third-order valence-corrected chi connectivity index (χ3v) is 4.70. The van der Waals surface area contributed by atoms with Crippen LogP contribution in [-0.2, 0) is 4.79 Å². The minimum atomic E-state index is -0.621. The van der Waals surface area contributed by atoms with Crippen LogP contribution in [0.3, 0.4) is 0 Å². The van der Waals surface area contributed by atoms with Gasteiger partial charge in [0, 0.05) is 34.4 Å². The quantitative estimate of drug-likeness (QED) is 0.625. The molecule has 0 aliphatic heterocycles. The molecule has 0 spiro atoms. The van der Waals surface area contributed by atoms with E-state index >= 15 is 0 Å². The normalized spacial score (nSPS) is 12.7. The highest BCUT2D eigenvalue weighted by Crippen LogP contribution is 2.39. The molecule has 0 bridgehead atoms. The van der Waals surface area contributed by atoms with E-state index in [0.29, 0.717) is 17.1 Å². The minimum Gasteiger partial charge on any atom is -0.313 e. The first-order valence-corrected chi connectivity index (χ1v) is 9.16. The first-order valence-electron chi connectivity index (χ1n) is 8.34. The van der Waals surface area contributed by atoms with E-state index < -0.39 is 11.6 Å². The summed E-state index contributed by atoms with van der Waals surface area (Å²) in [5, 5.41) is 2.40. The molecule has 4 nitrogen and oxygen atoms in total. The summed E-state index contributed by atoms with van der Waals surface area (Å²) in [6.45, 7) is 0. The lowest BCUT2D eigenvalue weighted by atomic mass is 10.2. The first-order chi connectivity index (χ1) is 13.1. The van der Waals surface area contributed by atoms with Gasteiger partial charge in [0.15, 0.2) is 0 Å². The Morgan fingerprint density at radius 1 is 1.04 bits per heavy atom. The zero-order chi connectivity index (χ0) is 19.1. The van der Waals surface area contributed by atoms with E-state index in [1.54, 1.807) is 12.1 Å². The Morgan fingerprint density at radius 2 is 1.81 bits per heavy atom. The number of carbonyl (C=O) groups is 1. The third-order valence-electron chi connectivity index (χ3n) is 3.75. The molecule has 1 aliphatic rings. The predicted octanol–water partition coefficient (Wildman–Crippen LogP) is 5.04. The second kappa shape index (κ2) is 9.23. The largest absolute Gasteiger partial charge is 0.313 e.